The summed E-state index contributed by atoms with van der Waals surface area (Å²) in [4.78, 5) is 25.8. The van der Waals surface area contributed by atoms with E-state index in [1.165, 1.54) is 0 Å². The van der Waals surface area contributed by atoms with Gasteiger partial charge in [0.15, 0.2) is 0 Å². The van der Waals surface area contributed by atoms with Gasteiger partial charge in [-0.05, 0) is 12.1 Å². The average Bonchev–Trinajstić information content (AvgIpc) is 2.50. The molecule has 93 valence electrons. The molecule has 0 atom stereocenters. The monoisotopic (exact) mass is 316 g/mol. The number of nitrogens with zero attached hydrogens (tertiary/aromatic N) is 1. The fourth-order valence-corrected chi connectivity index (χ4v) is 2.19. The van der Waals surface area contributed by atoms with Crippen molar-refractivity contribution < 1.29 is 0 Å². The maximum atomic E-state index is 11.1. The first-order valence-electron chi connectivity index (χ1n) is 5.62. The molecule has 0 aliphatic carbocycles. The van der Waals surface area contributed by atoms with Crippen molar-refractivity contribution in [2.75, 3.05) is 0 Å². The molecule has 0 spiro atoms. The molecule has 3 rings (SSSR count). The second-order valence-corrected chi connectivity index (χ2v) is 4.61. The van der Waals surface area contributed by atoms with Crippen LogP contribution < -0.4 is 15.3 Å². The van der Waals surface area contributed by atoms with Crippen LogP contribution in [0.3, 0.4) is 0 Å². The topological polar surface area (TPSA) is 47.0 Å². The van der Waals surface area contributed by atoms with Gasteiger partial charge in [0.25, 0.3) is 0 Å². The van der Waals surface area contributed by atoms with Crippen molar-refractivity contribution >= 4 is 20.5 Å². The normalized spacial score (nSPS) is 9.68. The van der Waals surface area contributed by atoms with Gasteiger partial charge in [0.1, 0.15) is 0 Å². The number of rotatable bonds is 1. The van der Waals surface area contributed by atoms with Gasteiger partial charge in [0, 0.05) is 12.4 Å². The Morgan fingerprint density at radius 3 is 1.79 bits per heavy atom. The first-order valence-corrected chi connectivity index (χ1v) is 6.48. The summed E-state index contributed by atoms with van der Waals surface area (Å²) in [5, 5.41) is 0. The molecule has 1 radical (unpaired) electrons. The standard InChI is InChI=1S/C10H5O2Se.C5H5N/c11-8-7(10(13)9(8)12)6-4-2-1-3-5-6;1-2-4-6-5-3-1/h1-5H;1-5H. The van der Waals surface area contributed by atoms with Gasteiger partial charge in [-0.2, -0.15) is 0 Å². The van der Waals surface area contributed by atoms with Crippen LogP contribution in [0.25, 0.3) is 11.1 Å². The van der Waals surface area contributed by atoms with Crippen molar-refractivity contribution in [2.24, 2.45) is 0 Å². The molecule has 3 aromatic rings. The fourth-order valence-electron chi connectivity index (χ4n) is 1.55. The Hall–Kier alpha value is -2.03. The quantitative estimate of drug-likeness (QED) is 0.493. The molecule has 0 bridgehead atoms. The second kappa shape index (κ2) is 6.23. The van der Waals surface area contributed by atoms with Gasteiger partial charge in [-0.15, -0.1) is 0 Å². The van der Waals surface area contributed by atoms with E-state index < -0.39 is 5.43 Å². The zero-order chi connectivity index (χ0) is 13.7. The summed E-state index contributed by atoms with van der Waals surface area (Å²) in [7, 11) is 0. The fraction of sp³-hybridized carbons (Fsp3) is 0. The summed E-state index contributed by atoms with van der Waals surface area (Å²) < 4.78 is 0.455. The van der Waals surface area contributed by atoms with Crippen molar-refractivity contribution in [3.63, 3.8) is 0 Å². The van der Waals surface area contributed by atoms with E-state index >= 15 is 0 Å². The third-order valence-corrected chi connectivity index (χ3v) is 3.31. The number of aromatic nitrogens is 1. The summed E-state index contributed by atoms with van der Waals surface area (Å²) in [5.74, 6) is 0. The molecule has 0 amide bonds. The minimum Gasteiger partial charge on any atom is -0.265 e. The van der Waals surface area contributed by atoms with Crippen molar-refractivity contribution in [1.82, 2.24) is 4.98 Å². The number of hydrogen-bond acceptors (Lipinski definition) is 3. The molecule has 1 heterocycles. The van der Waals surface area contributed by atoms with E-state index in [-0.39, 0.29) is 5.43 Å². The predicted molar refractivity (Wildman–Crippen MR) is 76.4 cm³/mol. The van der Waals surface area contributed by atoms with Crippen molar-refractivity contribution in [3.8, 4) is 11.1 Å². The third-order valence-electron chi connectivity index (χ3n) is 2.50. The smallest absolute Gasteiger partial charge is 0.0267 e. The van der Waals surface area contributed by atoms with E-state index in [0.717, 1.165) is 5.56 Å². The van der Waals surface area contributed by atoms with E-state index in [0.29, 0.717) is 10.0 Å². The molecular weight excluding hydrogens is 305 g/mol. The van der Waals surface area contributed by atoms with Crippen LogP contribution in [-0.4, -0.2) is 21.0 Å². The minimum absolute atomic E-state index is 0.389. The Morgan fingerprint density at radius 1 is 0.789 bits per heavy atom. The number of pyridine rings is 1. The van der Waals surface area contributed by atoms with Crippen LogP contribution in [0.1, 0.15) is 0 Å². The third kappa shape index (κ3) is 3.05. The maximum absolute atomic E-state index is 11.1. The van der Waals surface area contributed by atoms with Gasteiger partial charge in [0.05, 0.1) is 0 Å². The van der Waals surface area contributed by atoms with Crippen LogP contribution in [0.15, 0.2) is 70.5 Å². The molecular formula is C15H10NO2Se. The summed E-state index contributed by atoms with van der Waals surface area (Å²) >= 11 is 2.61. The molecule has 0 unspecified atom stereocenters. The van der Waals surface area contributed by atoms with Crippen molar-refractivity contribution in [2.45, 2.75) is 0 Å². The van der Waals surface area contributed by atoms with Gasteiger partial charge >= 0.3 is 82.4 Å². The molecule has 1 aromatic heterocycles. The second-order valence-electron chi connectivity index (χ2n) is 3.75. The molecule has 0 N–H and O–H groups in total. The molecule has 0 saturated heterocycles. The Kier molecular flexibility index (Phi) is 4.39. The van der Waals surface area contributed by atoms with Gasteiger partial charge in [-0.1, -0.05) is 6.07 Å². The Bertz CT molecular complexity index is 690. The van der Waals surface area contributed by atoms with Crippen LogP contribution in [0.2, 0.25) is 0 Å². The summed E-state index contributed by atoms with van der Waals surface area (Å²) in [6.45, 7) is 0. The molecule has 0 saturated carbocycles. The van der Waals surface area contributed by atoms with E-state index in [4.69, 9.17) is 0 Å². The zero-order valence-corrected chi connectivity index (χ0v) is 11.7. The molecule has 0 aliphatic rings. The number of hydrogen-bond donors (Lipinski definition) is 0. The van der Waals surface area contributed by atoms with Crippen molar-refractivity contribution in [1.29, 1.82) is 0 Å². The van der Waals surface area contributed by atoms with E-state index in [2.05, 4.69) is 21.0 Å². The first-order chi connectivity index (χ1) is 9.22. The first kappa shape index (κ1) is 13.4. The molecule has 0 aliphatic heterocycles. The Morgan fingerprint density at radius 2 is 1.37 bits per heavy atom. The molecule has 0 fully saturated rings. The molecule has 2 aromatic carbocycles. The average molecular weight is 315 g/mol. The minimum atomic E-state index is -0.404. The van der Waals surface area contributed by atoms with Crippen LogP contribution in [0, 0.1) is 0 Å². The van der Waals surface area contributed by atoms with Crippen LogP contribution in [-0.2, 0) is 0 Å². The molecule has 4 heteroatoms. The van der Waals surface area contributed by atoms with E-state index in [1.54, 1.807) is 12.4 Å². The van der Waals surface area contributed by atoms with Gasteiger partial charge in [0.2, 0.25) is 0 Å². The van der Waals surface area contributed by atoms with Gasteiger partial charge in [-0.3, -0.25) is 4.98 Å². The summed E-state index contributed by atoms with van der Waals surface area (Å²) in [6, 6.07) is 14.9. The molecule has 3 nitrogen and oxygen atoms in total. The summed E-state index contributed by atoms with van der Waals surface area (Å²) in [5.41, 5.74) is 0.533. The van der Waals surface area contributed by atoms with Crippen LogP contribution in [0.5, 0.6) is 0 Å². The van der Waals surface area contributed by atoms with Crippen LogP contribution in [0.4, 0.5) is 0 Å². The SMILES string of the molecule is O=c1c([Se])c(-c2ccccc2)c1=O.c1ccncc1. The van der Waals surface area contributed by atoms with Crippen molar-refractivity contribution in [3.05, 3.63) is 81.4 Å². The van der Waals surface area contributed by atoms with Gasteiger partial charge < -0.3 is 0 Å². The predicted octanol–water partition coefficient (Wildman–Crippen LogP) is 0.825. The largest absolute Gasteiger partial charge is 0.265 e. The number of benzene rings is 1. The zero-order valence-electron chi connectivity index (χ0n) is 9.95. The Labute approximate surface area is 118 Å². The maximum Gasteiger partial charge on any atom is 0.0267 e. The Balaban J connectivity index is 0.000000186. The van der Waals surface area contributed by atoms with E-state index in [1.807, 2.05) is 48.5 Å². The molecule has 19 heavy (non-hydrogen) atoms. The van der Waals surface area contributed by atoms with Crippen LogP contribution >= 0.6 is 0 Å². The summed E-state index contributed by atoms with van der Waals surface area (Å²) in [6.07, 6.45) is 3.50. The van der Waals surface area contributed by atoms with Gasteiger partial charge in [-0.25, -0.2) is 0 Å². The van der Waals surface area contributed by atoms with E-state index in [9.17, 15) is 9.59 Å².